The molecule has 4 aliphatic rings. The Balaban J connectivity index is 0.00000387. The van der Waals surface area contributed by atoms with Gasteiger partial charge in [-0.2, -0.15) is 0 Å². The molecule has 40 heavy (non-hydrogen) atoms. The van der Waals surface area contributed by atoms with Crippen molar-refractivity contribution in [3.05, 3.63) is 47.8 Å². The Kier molecular flexibility index (Phi) is 8.34. The average molecular weight is 576 g/mol. The lowest BCUT2D eigenvalue weighted by atomic mass is 9.58. The molecule has 5 rings (SSSR count). The van der Waals surface area contributed by atoms with Crippen molar-refractivity contribution in [1.29, 1.82) is 0 Å². The third kappa shape index (κ3) is 4.76. The van der Waals surface area contributed by atoms with E-state index >= 15 is 0 Å². The molecule has 1 saturated carbocycles. The molecule has 1 N–H and O–H groups in total. The molecule has 3 heterocycles. The Morgan fingerprint density at radius 1 is 1.30 bits per heavy atom. The molecule has 2 fully saturated rings. The van der Waals surface area contributed by atoms with Crippen LogP contribution in [0.25, 0.3) is 0 Å². The van der Waals surface area contributed by atoms with Crippen LogP contribution < -0.4 is 0 Å². The van der Waals surface area contributed by atoms with Crippen LogP contribution in [0.3, 0.4) is 0 Å². The van der Waals surface area contributed by atoms with Gasteiger partial charge in [0.05, 0.1) is 23.9 Å². The van der Waals surface area contributed by atoms with Gasteiger partial charge in [0.1, 0.15) is 35.4 Å². The number of H-pyrrole nitrogens is 1. The summed E-state index contributed by atoms with van der Waals surface area (Å²) in [5.74, 6) is -2.34. The number of nitrogens with one attached hydrogen (secondary N) is 1. The van der Waals surface area contributed by atoms with Gasteiger partial charge in [0.15, 0.2) is 6.10 Å². The number of hydrogen-bond donors (Lipinski definition) is 1. The number of cyclic esters (lactones) is 1. The fourth-order valence-corrected chi connectivity index (χ4v) is 7.51. The molecule has 10 heteroatoms. The highest BCUT2D eigenvalue weighted by atomic mass is 32.2. The van der Waals surface area contributed by atoms with E-state index in [4.69, 9.17) is 23.7 Å². The van der Waals surface area contributed by atoms with E-state index in [1.807, 2.05) is 46.1 Å². The van der Waals surface area contributed by atoms with Gasteiger partial charge < -0.3 is 28.7 Å². The van der Waals surface area contributed by atoms with Gasteiger partial charge in [-0.1, -0.05) is 32.1 Å². The van der Waals surface area contributed by atoms with Crippen LogP contribution in [0.2, 0.25) is 0 Å². The molecule has 2 aliphatic heterocycles. The molecule has 1 saturated heterocycles. The Morgan fingerprint density at radius 3 is 2.75 bits per heavy atom. The van der Waals surface area contributed by atoms with Gasteiger partial charge in [0.2, 0.25) is 0 Å². The summed E-state index contributed by atoms with van der Waals surface area (Å²) in [6, 6.07) is 3.36. The Morgan fingerprint density at radius 2 is 2.08 bits per heavy atom. The van der Waals surface area contributed by atoms with Crippen molar-refractivity contribution in [2.75, 3.05) is 19.3 Å². The molecule has 0 aromatic carbocycles. The number of aromatic amines is 1. The largest absolute Gasteiger partial charge is 0.457 e. The maximum atomic E-state index is 14.1. The molecule has 4 bridgehead atoms. The van der Waals surface area contributed by atoms with E-state index in [2.05, 4.69) is 11.1 Å². The van der Waals surface area contributed by atoms with Crippen molar-refractivity contribution in [1.82, 2.24) is 4.98 Å². The van der Waals surface area contributed by atoms with Gasteiger partial charge in [-0.3, -0.25) is 4.79 Å². The number of thioether (sulfide) groups is 1. The summed E-state index contributed by atoms with van der Waals surface area (Å²) in [6.07, 6.45) is 6.97. The SMILES string of the molecule is CO[C@H]1C[C@H]2C=C[C@H]3[C@H]4O[C@]2(/C(C)=C/[C@@H](C)[C@@H]([C@@H](C)OCSC)OC1=O)[C@@H]3C(=O)[C@@H](C)[C@H]4OC(=O)c1ccc[nH]1.[HH]. The van der Waals surface area contributed by atoms with Crippen molar-refractivity contribution in [3.63, 3.8) is 0 Å². The van der Waals surface area contributed by atoms with E-state index in [0.717, 1.165) is 5.57 Å². The van der Waals surface area contributed by atoms with Crippen LogP contribution in [0.15, 0.2) is 42.1 Å². The van der Waals surface area contributed by atoms with Crippen LogP contribution in [0, 0.1) is 29.6 Å². The van der Waals surface area contributed by atoms with E-state index in [9.17, 15) is 14.4 Å². The molecule has 0 unspecified atom stereocenters. The molecule has 0 radical (unpaired) electrons. The number of esters is 2. The van der Waals surface area contributed by atoms with Crippen LogP contribution in [-0.4, -0.2) is 78.1 Å². The molecule has 1 aromatic rings. The Labute approximate surface area is 240 Å². The quantitative estimate of drug-likeness (QED) is 0.290. The maximum Gasteiger partial charge on any atom is 0.355 e. The zero-order chi connectivity index (χ0) is 28.8. The number of Topliss-reactive ketones (excluding diaryl/α,β-unsaturated/α-hetero) is 1. The van der Waals surface area contributed by atoms with Gasteiger partial charge in [0.25, 0.3) is 0 Å². The normalized spacial score (nSPS) is 41.0. The summed E-state index contributed by atoms with van der Waals surface area (Å²) < 4.78 is 30.5. The molecular weight excluding hydrogens is 534 g/mol. The second kappa shape index (κ2) is 11.5. The Bertz CT molecular complexity index is 1190. The van der Waals surface area contributed by atoms with Crippen LogP contribution in [0.1, 0.15) is 46.0 Å². The summed E-state index contributed by atoms with van der Waals surface area (Å²) in [7, 11) is 1.49. The molecule has 9 nitrogen and oxygen atoms in total. The van der Waals surface area contributed by atoms with Crippen LogP contribution in [-0.2, 0) is 33.3 Å². The number of methoxy groups -OCH3 is 1. The van der Waals surface area contributed by atoms with E-state index in [1.165, 1.54) is 7.11 Å². The number of ether oxygens (including phenoxy) is 5. The highest BCUT2D eigenvalue weighted by Gasteiger charge is 2.69. The van der Waals surface area contributed by atoms with Crippen molar-refractivity contribution >= 4 is 29.5 Å². The highest BCUT2D eigenvalue weighted by Crippen LogP contribution is 2.60. The number of aromatic nitrogens is 1. The lowest BCUT2D eigenvalue weighted by molar-refractivity contribution is -0.173. The predicted molar refractivity (Wildman–Crippen MR) is 151 cm³/mol. The van der Waals surface area contributed by atoms with Gasteiger partial charge in [0, 0.05) is 32.5 Å². The van der Waals surface area contributed by atoms with E-state index in [0.29, 0.717) is 11.6 Å². The smallest absolute Gasteiger partial charge is 0.355 e. The molecule has 220 valence electrons. The van der Waals surface area contributed by atoms with Gasteiger partial charge in [-0.05, 0) is 44.2 Å². The molecule has 11 atom stereocenters. The van der Waals surface area contributed by atoms with Crippen molar-refractivity contribution < 1.29 is 39.5 Å². The molecule has 1 spiro atoms. The number of carbonyl (C=O) groups is 3. The van der Waals surface area contributed by atoms with Crippen LogP contribution >= 0.6 is 11.8 Å². The third-order valence-corrected chi connectivity index (χ3v) is 9.51. The van der Waals surface area contributed by atoms with E-state index in [-0.39, 0.29) is 37.5 Å². The minimum absolute atomic E-state index is 0. The monoisotopic (exact) mass is 575 g/mol. The maximum absolute atomic E-state index is 14.1. The molecule has 0 amide bonds. The van der Waals surface area contributed by atoms with Gasteiger partial charge >= 0.3 is 11.9 Å². The zero-order valence-corrected chi connectivity index (χ0v) is 24.6. The molecular formula is C30H41NO8S. The second-order valence-electron chi connectivity index (χ2n) is 11.4. The minimum atomic E-state index is -1.00. The first kappa shape index (κ1) is 29.1. The van der Waals surface area contributed by atoms with Crippen molar-refractivity contribution in [2.45, 2.75) is 70.2 Å². The van der Waals surface area contributed by atoms with Gasteiger partial charge in [-0.15, -0.1) is 11.8 Å². The first-order chi connectivity index (χ1) is 19.1. The van der Waals surface area contributed by atoms with Crippen LogP contribution in [0.4, 0.5) is 0 Å². The van der Waals surface area contributed by atoms with E-state index < -0.39 is 53.8 Å². The highest BCUT2D eigenvalue weighted by molar-refractivity contribution is 7.98. The number of carbonyl (C=O) groups excluding carboxylic acids is 3. The second-order valence-corrected chi connectivity index (χ2v) is 12.2. The molecule has 2 aliphatic carbocycles. The summed E-state index contributed by atoms with van der Waals surface area (Å²) in [5.41, 5.74) is 0.224. The fraction of sp³-hybridized carbons (Fsp3) is 0.633. The first-order valence-corrected chi connectivity index (χ1v) is 15.3. The lowest BCUT2D eigenvalue weighted by Crippen LogP contribution is -2.55. The van der Waals surface area contributed by atoms with Crippen molar-refractivity contribution in [2.24, 2.45) is 29.6 Å². The van der Waals surface area contributed by atoms with Crippen LogP contribution in [0.5, 0.6) is 0 Å². The summed E-state index contributed by atoms with van der Waals surface area (Å²) in [5, 5.41) is 0. The van der Waals surface area contributed by atoms with Gasteiger partial charge in [-0.25, -0.2) is 9.59 Å². The standard InChI is InChI=1S/C30H39NO8S.H2/c1-15-12-16(2)30-19(13-22(35-5)29(34)37-25(15)18(4)36-14-40-6)9-10-20-23(30)24(32)17(3)26(27(20)39-30)38-28(33)21-8-7-11-31-21;/h7-12,15,17-20,22-23,25-27,31H,13-14H2,1-6H3;1H/b16-12+;/t15-,17-,18-,19-,20-,22+,23+,25+,26-,27-,30+;/m1./s1. The summed E-state index contributed by atoms with van der Waals surface area (Å²) in [6.45, 7) is 7.69. The topological polar surface area (TPSA) is 113 Å². The van der Waals surface area contributed by atoms with Crippen molar-refractivity contribution in [3.8, 4) is 0 Å². The predicted octanol–water partition coefficient (Wildman–Crippen LogP) is 4.20. The minimum Gasteiger partial charge on any atom is -0.457 e. The number of ketones is 1. The third-order valence-electron chi connectivity index (χ3n) is 9.13. The number of rotatable bonds is 7. The number of hydrogen-bond acceptors (Lipinski definition) is 9. The van der Waals surface area contributed by atoms with E-state index in [1.54, 1.807) is 30.1 Å². The average Bonchev–Trinajstić information content (AvgIpc) is 3.54. The first-order valence-electron chi connectivity index (χ1n) is 13.9. The summed E-state index contributed by atoms with van der Waals surface area (Å²) >= 11 is 1.55. The Hall–Kier alpha value is -2.40. The summed E-state index contributed by atoms with van der Waals surface area (Å²) in [4.78, 5) is 43.3. The zero-order valence-electron chi connectivity index (χ0n) is 23.8. The molecule has 1 aromatic heterocycles. The fourth-order valence-electron chi connectivity index (χ4n) is 7.16. The lowest BCUT2D eigenvalue weighted by Gasteiger charge is -2.46.